The number of rotatable bonds is 3. The number of ketones is 1. The van der Waals surface area contributed by atoms with Crippen LogP contribution in [0.5, 0.6) is 0 Å². The van der Waals surface area contributed by atoms with Crippen molar-refractivity contribution in [2.45, 2.75) is 6.92 Å². The van der Waals surface area contributed by atoms with Crippen molar-refractivity contribution in [3.63, 3.8) is 0 Å². The van der Waals surface area contributed by atoms with Gasteiger partial charge in [-0.3, -0.25) is 4.79 Å². The van der Waals surface area contributed by atoms with Crippen molar-refractivity contribution in [1.29, 1.82) is 0 Å². The average molecular weight is 236 g/mol. The fourth-order valence-corrected chi connectivity index (χ4v) is 1.21. The normalized spacial score (nSPS) is 9.38. The summed E-state index contributed by atoms with van der Waals surface area (Å²) in [4.78, 5) is 22.4. The molecule has 0 fully saturated rings. The quantitative estimate of drug-likeness (QED) is 0.557. The number of hydrogen-bond acceptors (Lipinski definition) is 3. The van der Waals surface area contributed by atoms with E-state index >= 15 is 0 Å². The summed E-state index contributed by atoms with van der Waals surface area (Å²) in [5.74, 6) is -0.0531. The van der Waals surface area contributed by atoms with Gasteiger partial charge < -0.3 is 10.6 Å². The van der Waals surface area contributed by atoms with Gasteiger partial charge in [-0.05, 0) is 19.1 Å². The molecule has 0 saturated carbocycles. The molecule has 0 heterocycles. The third-order valence-electron chi connectivity index (χ3n) is 1.78. The Hall–Kier alpha value is -1.75. The Bertz CT molecular complexity index is 443. The van der Waals surface area contributed by atoms with Gasteiger partial charge in [0.2, 0.25) is 0 Å². The van der Waals surface area contributed by atoms with E-state index < -0.39 is 6.03 Å². The van der Waals surface area contributed by atoms with Crippen LogP contribution in [-0.4, -0.2) is 11.8 Å². The molecule has 0 spiro atoms. The molecule has 0 atom stereocenters. The lowest BCUT2D eigenvalue weighted by atomic mass is 10.1. The summed E-state index contributed by atoms with van der Waals surface area (Å²) < 4.78 is 0. The Morgan fingerprint density at radius 3 is 2.62 bits per heavy atom. The maximum absolute atomic E-state index is 11.3. The maximum atomic E-state index is 11.3. The number of nitrogens with one attached hydrogen (secondary N) is 2. The first-order chi connectivity index (χ1) is 7.49. The van der Waals surface area contributed by atoms with E-state index in [0.717, 1.165) is 0 Å². The molecule has 0 unspecified atom stereocenters. The van der Waals surface area contributed by atoms with Gasteiger partial charge in [0.25, 0.3) is 0 Å². The summed E-state index contributed by atoms with van der Waals surface area (Å²) in [6, 6.07) is 6.22. The van der Waals surface area contributed by atoms with Crippen molar-refractivity contribution >= 4 is 30.1 Å². The molecular formula is C11H12N2O2S. The smallest absolute Gasteiger partial charge is 0.308 e. The van der Waals surface area contributed by atoms with Crippen LogP contribution in [0.3, 0.4) is 0 Å². The lowest BCUT2D eigenvalue weighted by Crippen LogP contribution is -2.25. The molecule has 0 aliphatic heterocycles. The van der Waals surface area contributed by atoms with Gasteiger partial charge in [-0.1, -0.05) is 18.7 Å². The van der Waals surface area contributed by atoms with Crippen molar-refractivity contribution < 1.29 is 9.59 Å². The second kappa shape index (κ2) is 5.37. The molecule has 2 N–H and O–H groups in total. The molecule has 0 aliphatic rings. The number of benzene rings is 1. The highest BCUT2D eigenvalue weighted by Crippen LogP contribution is 2.11. The highest BCUT2D eigenvalue weighted by molar-refractivity contribution is 7.84. The fraction of sp³-hybridized carbons (Fsp3) is 0.0909. The van der Waals surface area contributed by atoms with E-state index in [0.29, 0.717) is 11.3 Å². The first-order valence-corrected chi connectivity index (χ1v) is 5.00. The molecule has 16 heavy (non-hydrogen) atoms. The summed E-state index contributed by atoms with van der Waals surface area (Å²) in [6.07, 6.45) is 0. The van der Waals surface area contributed by atoms with Crippen LogP contribution < -0.4 is 10.6 Å². The van der Waals surface area contributed by atoms with Gasteiger partial charge in [0.15, 0.2) is 5.78 Å². The SMILES string of the molecule is C=C(S)NC(=O)Nc1cccc(C(C)=O)c1. The minimum absolute atomic E-state index is 0.0531. The van der Waals surface area contributed by atoms with E-state index in [1.165, 1.54) is 6.92 Å². The molecule has 4 nitrogen and oxygen atoms in total. The molecule has 0 aromatic heterocycles. The number of carbonyl (C=O) groups excluding carboxylic acids is 2. The number of carbonyl (C=O) groups is 2. The van der Waals surface area contributed by atoms with Gasteiger partial charge in [0.1, 0.15) is 0 Å². The topological polar surface area (TPSA) is 58.2 Å². The first kappa shape index (κ1) is 12.3. The number of thiol groups is 1. The van der Waals surface area contributed by atoms with Crippen molar-refractivity contribution in [2.24, 2.45) is 0 Å². The van der Waals surface area contributed by atoms with Crippen molar-refractivity contribution in [2.75, 3.05) is 5.32 Å². The number of anilines is 1. The molecular weight excluding hydrogens is 224 g/mol. The Morgan fingerprint density at radius 2 is 2.06 bits per heavy atom. The van der Waals surface area contributed by atoms with Crippen molar-refractivity contribution in [3.05, 3.63) is 41.4 Å². The van der Waals surface area contributed by atoms with Gasteiger partial charge >= 0.3 is 6.03 Å². The lowest BCUT2D eigenvalue weighted by molar-refractivity contribution is 0.101. The molecule has 1 aromatic carbocycles. The van der Waals surface area contributed by atoms with Crippen LogP contribution in [-0.2, 0) is 0 Å². The molecule has 0 bridgehead atoms. The Kier molecular flexibility index (Phi) is 4.13. The number of urea groups is 1. The van der Waals surface area contributed by atoms with Crippen molar-refractivity contribution in [3.8, 4) is 0 Å². The van der Waals surface area contributed by atoms with E-state index in [9.17, 15) is 9.59 Å². The second-order valence-electron chi connectivity index (χ2n) is 3.16. The zero-order valence-electron chi connectivity index (χ0n) is 8.78. The fourth-order valence-electron chi connectivity index (χ4n) is 1.11. The molecule has 0 radical (unpaired) electrons. The number of hydrogen-bond donors (Lipinski definition) is 3. The monoisotopic (exact) mass is 236 g/mol. The predicted molar refractivity (Wildman–Crippen MR) is 66.7 cm³/mol. The van der Waals surface area contributed by atoms with Gasteiger partial charge in [-0.15, -0.1) is 12.6 Å². The van der Waals surface area contributed by atoms with Crippen LogP contribution in [0.25, 0.3) is 0 Å². The number of amides is 2. The number of Topliss-reactive ketones (excluding diaryl/α,β-unsaturated/α-hetero) is 1. The molecule has 0 aliphatic carbocycles. The van der Waals surface area contributed by atoms with E-state index in [2.05, 4.69) is 29.8 Å². The Labute approximate surface area is 99.1 Å². The van der Waals surface area contributed by atoms with Gasteiger partial charge in [0, 0.05) is 11.3 Å². The standard InChI is InChI=1S/C11H12N2O2S/c1-7(14)9-4-3-5-10(6-9)13-11(15)12-8(2)16/h3-6,16H,2H2,1H3,(H2,12,13,15). The predicted octanol–water partition coefficient (Wildman–Crippen LogP) is 2.41. The van der Waals surface area contributed by atoms with E-state index in [4.69, 9.17) is 0 Å². The third-order valence-corrected chi connectivity index (χ3v) is 1.90. The summed E-state index contributed by atoms with van der Waals surface area (Å²) in [5, 5.41) is 5.18. The second-order valence-corrected chi connectivity index (χ2v) is 3.70. The highest BCUT2D eigenvalue weighted by atomic mass is 32.1. The van der Waals surface area contributed by atoms with E-state index in [1.54, 1.807) is 24.3 Å². The summed E-state index contributed by atoms with van der Waals surface area (Å²) in [7, 11) is 0. The van der Waals surface area contributed by atoms with E-state index in [1.807, 2.05) is 0 Å². The third kappa shape index (κ3) is 3.78. The minimum Gasteiger partial charge on any atom is -0.308 e. The zero-order valence-corrected chi connectivity index (χ0v) is 9.67. The first-order valence-electron chi connectivity index (χ1n) is 4.56. The lowest BCUT2D eigenvalue weighted by Gasteiger charge is -2.07. The van der Waals surface area contributed by atoms with Gasteiger partial charge in [-0.2, -0.15) is 0 Å². The molecule has 0 saturated heterocycles. The minimum atomic E-state index is -0.444. The largest absolute Gasteiger partial charge is 0.324 e. The zero-order chi connectivity index (χ0) is 12.1. The van der Waals surface area contributed by atoms with E-state index in [-0.39, 0.29) is 10.8 Å². The molecule has 1 aromatic rings. The maximum Gasteiger partial charge on any atom is 0.324 e. The Morgan fingerprint density at radius 1 is 1.38 bits per heavy atom. The Balaban J connectivity index is 2.74. The molecule has 1 rings (SSSR count). The van der Waals surface area contributed by atoms with Crippen LogP contribution in [0.4, 0.5) is 10.5 Å². The molecule has 2 amide bonds. The van der Waals surface area contributed by atoms with Crippen LogP contribution in [0, 0.1) is 0 Å². The van der Waals surface area contributed by atoms with Gasteiger partial charge in [0.05, 0.1) is 5.03 Å². The van der Waals surface area contributed by atoms with Crippen LogP contribution >= 0.6 is 12.6 Å². The summed E-state index contributed by atoms with van der Waals surface area (Å²) >= 11 is 3.84. The summed E-state index contributed by atoms with van der Waals surface area (Å²) in [5.41, 5.74) is 1.09. The highest BCUT2D eigenvalue weighted by Gasteiger charge is 2.03. The van der Waals surface area contributed by atoms with Crippen molar-refractivity contribution in [1.82, 2.24) is 5.32 Å². The van der Waals surface area contributed by atoms with Gasteiger partial charge in [-0.25, -0.2) is 4.79 Å². The molecule has 5 heteroatoms. The summed E-state index contributed by atoms with van der Waals surface area (Å²) in [6.45, 7) is 4.89. The average Bonchev–Trinajstić information content (AvgIpc) is 2.16. The van der Waals surface area contributed by atoms with Crippen LogP contribution in [0.15, 0.2) is 35.9 Å². The molecule has 84 valence electrons. The van der Waals surface area contributed by atoms with Crippen LogP contribution in [0.2, 0.25) is 0 Å². The van der Waals surface area contributed by atoms with Crippen LogP contribution in [0.1, 0.15) is 17.3 Å².